The maximum absolute atomic E-state index is 14.6. The van der Waals surface area contributed by atoms with E-state index < -0.39 is 42.4 Å². The highest BCUT2D eigenvalue weighted by atomic mass is 19.1. The van der Waals surface area contributed by atoms with E-state index in [0.29, 0.717) is 5.69 Å². The van der Waals surface area contributed by atoms with Gasteiger partial charge in [0.25, 0.3) is 0 Å². The first-order valence-electron chi connectivity index (χ1n) is 8.78. The van der Waals surface area contributed by atoms with Gasteiger partial charge in [0.1, 0.15) is 6.10 Å². The fourth-order valence-electron chi connectivity index (χ4n) is 3.71. The lowest BCUT2D eigenvalue weighted by molar-refractivity contribution is -0.332. The molecule has 3 aromatic rings. The van der Waals surface area contributed by atoms with Gasteiger partial charge in [0.2, 0.25) is 6.29 Å². The Bertz CT molecular complexity index is 1010. The summed E-state index contributed by atoms with van der Waals surface area (Å²) in [5.74, 6) is -2.34. The fraction of sp³-hybridized carbons (Fsp3) is 0.300. The molecule has 1 heterocycles. The topological polar surface area (TPSA) is 115 Å². The van der Waals surface area contributed by atoms with E-state index >= 15 is 0 Å². The molecule has 0 spiro atoms. The molecule has 0 radical (unpaired) electrons. The van der Waals surface area contributed by atoms with Crippen LogP contribution >= 0.6 is 0 Å². The standard InChI is InChI=1S/C20H20FNO6/c21-14-9-12(22-8-7-11-3-1-2-4-15(11)22)5-6-16(14)28-19(26)20(27)13(10-23)17(24)18(20)25/h1-9,13,17-19,23-27H,10H2/t13?,17-,18?,19-,20?/m1/s1. The maximum atomic E-state index is 14.6. The Morgan fingerprint density at radius 1 is 1.14 bits per heavy atom. The lowest BCUT2D eigenvalue weighted by Gasteiger charge is -2.53. The zero-order valence-electron chi connectivity index (χ0n) is 14.7. The molecule has 0 bridgehead atoms. The Balaban J connectivity index is 1.59. The summed E-state index contributed by atoms with van der Waals surface area (Å²) < 4.78 is 21.5. The summed E-state index contributed by atoms with van der Waals surface area (Å²) in [6.45, 7) is -0.683. The zero-order valence-corrected chi connectivity index (χ0v) is 14.7. The van der Waals surface area contributed by atoms with Crippen LogP contribution in [0.5, 0.6) is 5.75 Å². The minimum Gasteiger partial charge on any atom is -0.459 e. The Morgan fingerprint density at radius 3 is 2.61 bits per heavy atom. The van der Waals surface area contributed by atoms with Crippen molar-refractivity contribution in [1.29, 1.82) is 0 Å². The first-order chi connectivity index (χ1) is 13.4. The number of aliphatic hydroxyl groups is 5. The van der Waals surface area contributed by atoms with Crippen molar-refractivity contribution in [1.82, 2.24) is 4.57 Å². The van der Waals surface area contributed by atoms with E-state index in [9.17, 15) is 29.9 Å². The number of para-hydroxylation sites is 1. The molecule has 1 saturated carbocycles. The van der Waals surface area contributed by atoms with Gasteiger partial charge in [-0.1, -0.05) is 18.2 Å². The van der Waals surface area contributed by atoms with Gasteiger partial charge in [0.15, 0.2) is 17.2 Å². The number of aliphatic hydroxyl groups excluding tert-OH is 4. The molecule has 0 saturated heterocycles. The van der Waals surface area contributed by atoms with Crippen LogP contribution in [0.25, 0.3) is 16.6 Å². The number of nitrogens with zero attached hydrogens (tertiary/aromatic N) is 1. The minimum atomic E-state index is -2.31. The van der Waals surface area contributed by atoms with Crippen LogP contribution in [-0.4, -0.2) is 60.8 Å². The van der Waals surface area contributed by atoms with Gasteiger partial charge in [-0.05, 0) is 29.7 Å². The molecule has 8 heteroatoms. The number of hydrogen-bond donors (Lipinski definition) is 5. The van der Waals surface area contributed by atoms with E-state index in [0.717, 1.165) is 10.9 Å². The quantitative estimate of drug-likeness (QED) is 0.407. The van der Waals surface area contributed by atoms with E-state index in [1.54, 1.807) is 16.8 Å². The van der Waals surface area contributed by atoms with Crippen LogP contribution in [0, 0.1) is 11.7 Å². The van der Waals surface area contributed by atoms with Crippen LogP contribution in [0.3, 0.4) is 0 Å². The van der Waals surface area contributed by atoms with Crippen molar-refractivity contribution in [2.75, 3.05) is 6.61 Å². The van der Waals surface area contributed by atoms with Crippen molar-refractivity contribution in [3.8, 4) is 11.4 Å². The third-order valence-electron chi connectivity index (χ3n) is 5.43. The van der Waals surface area contributed by atoms with Crippen molar-refractivity contribution in [3.05, 3.63) is 60.5 Å². The Kier molecular flexibility index (Phi) is 4.60. The van der Waals surface area contributed by atoms with Crippen molar-refractivity contribution in [3.63, 3.8) is 0 Å². The number of hydrogen-bond acceptors (Lipinski definition) is 6. The fourth-order valence-corrected chi connectivity index (χ4v) is 3.71. The van der Waals surface area contributed by atoms with Crippen LogP contribution in [0.2, 0.25) is 0 Å². The molecule has 7 nitrogen and oxygen atoms in total. The number of rotatable bonds is 5. The molecule has 28 heavy (non-hydrogen) atoms. The van der Waals surface area contributed by atoms with Gasteiger partial charge < -0.3 is 34.8 Å². The number of fused-ring (bicyclic) bond motifs is 1. The summed E-state index contributed by atoms with van der Waals surface area (Å²) in [7, 11) is 0. The number of halogens is 1. The maximum Gasteiger partial charge on any atom is 0.229 e. The van der Waals surface area contributed by atoms with Gasteiger partial charge >= 0.3 is 0 Å². The molecule has 1 fully saturated rings. The highest BCUT2D eigenvalue weighted by Gasteiger charge is 2.65. The SMILES string of the molecule is OCC1[C@@H](O)C(O)C1(O)[C@H](O)Oc1ccc(-n2ccc3ccccc32)cc1F. The van der Waals surface area contributed by atoms with Gasteiger partial charge in [-0.25, -0.2) is 4.39 Å². The zero-order chi connectivity index (χ0) is 20.1. The predicted octanol–water partition coefficient (Wildman–Crippen LogP) is 0.542. The second-order valence-electron chi connectivity index (χ2n) is 6.94. The highest BCUT2D eigenvalue weighted by Crippen LogP contribution is 2.42. The highest BCUT2D eigenvalue weighted by molar-refractivity contribution is 5.81. The summed E-state index contributed by atoms with van der Waals surface area (Å²) in [4.78, 5) is 0. The molecule has 1 aliphatic rings. The van der Waals surface area contributed by atoms with Gasteiger partial charge in [-0.3, -0.25) is 0 Å². The first kappa shape index (κ1) is 18.9. The summed E-state index contributed by atoms with van der Waals surface area (Å²) in [6, 6.07) is 13.6. The van der Waals surface area contributed by atoms with Crippen molar-refractivity contribution in [2.24, 2.45) is 5.92 Å². The molecule has 0 aliphatic heterocycles. The molecule has 0 amide bonds. The number of benzene rings is 2. The molecule has 5 atom stereocenters. The van der Waals surface area contributed by atoms with Crippen LogP contribution in [-0.2, 0) is 0 Å². The third-order valence-corrected chi connectivity index (χ3v) is 5.43. The summed E-state index contributed by atoms with van der Waals surface area (Å²) >= 11 is 0. The molecule has 5 N–H and O–H groups in total. The lowest BCUT2D eigenvalue weighted by Crippen LogP contribution is -2.76. The molecule has 3 unspecified atom stereocenters. The lowest BCUT2D eigenvalue weighted by atomic mass is 9.64. The Labute approximate surface area is 159 Å². The van der Waals surface area contributed by atoms with Crippen molar-refractivity contribution < 1.29 is 34.7 Å². The van der Waals surface area contributed by atoms with E-state index in [4.69, 9.17) is 4.74 Å². The molecule has 1 aliphatic carbocycles. The molecular weight excluding hydrogens is 369 g/mol. The molecule has 148 valence electrons. The van der Waals surface area contributed by atoms with Crippen LogP contribution < -0.4 is 4.74 Å². The van der Waals surface area contributed by atoms with E-state index in [1.807, 2.05) is 30.3 Å². The average molecular weight is 389 g/mol. The molecule has 1 aromatic heterocycles. The van der Waals surface area contributed by atoms with E-state index in [2.05, 4.69) is 0 Å². The summed E-state index contributed by atoms with van der Waals surface area (Å²) in [6.07, 6.45) is -3.39. The Morgan fingerprint density at radius 2 is 1.89 bits per heavy atom. The second-order valence-corrected chi connectivity index (χ2v) is 6.94. The third kappa shape index (κ3) is 2.69. The monoisotopic (exact) mass is 389 g/mol. The smallest absolute Gasteiger partial charge is 0.229 e. The predicted molar refractivity (Wildman–Crippen MR) is 97.4 cm³/mol. The van der Waals surface area contributed by atoms with Crippen LogP contribution in [0.15, 0.2) is 54.7 Å². The second kappa shape index (κ2) is 6.84. The van der Waals surface area contributed by atoms with E-state index in [1.165, 1.54) is 12.1 Å². The van der Waals surface area contributed by atoms with Crippen LogP contribution in [0.1, 0.15) is 0 Å². The van der Waals surface area contributed by atoms with Gasteiger partial charge in [0.05, 0.1) is 18.2 Å². The average Bonchev–Trinajstić information content (AvgIpc) is 3.13. The van der Waals surface area contributed by atoms with Crippen LogP contribution in [0.4, 0.5) is 4.39 Å². The molecular formula is C20H20FNO6. The van der Waals surface area contributed by atoms with Gasteiger partial charge in [0, 0.05) is 23.9 Å². The summed E-state index contributed by atoms with van der Waals surface area (Å²) in [5, 5.41) is 50.1. The first-order valence-corrected chi connectivity index (χ1v) is 8.78. The van der Waals surface area contributed by atoms with Crippen molar-refractivity contribution >= 4 is 10.9 Å². The normalized spacial score (nSPS) is 28.1. The molecule has 2 aromatic carbocycles. The van der Waals surface area contributed by atoms with E-state index in [-0.39, 0.29) is 5.75 Å². The summed E-state index contributed by atoms with van der Waals surface area (Å²) in [5.41, 5.74) is -0.885. The van der Waals surface area contributed by atoms with Gasteiger partial charge in [-0.2, -0.15) is 0 Å². The largest absolute Gasteiger partial charge is 0.459 e. The number of ether oxygens (including phenoxy) is 1. The number of aromatic nitrogens is 1. The van der Waals surface area contributed by atoms with Crippen molar-refractivity contribution in [2.45, 2.75) is 24.1 Å². The molecule has 4 rings (SSSR count). The Hall–Kier alpha value is -2.49. The minimum absolute atomic E-state index is 0.341. The van der Waals surface area contributed by atoms with Gasteiger partial charge in [-0.15, -0.1) is 0 Å².